The smallest absolute Gasteiger partial charge is 0.305 e. The van der Waals surface area contributed by atoms with Crippen molar-refractivity contribution in [2.45, 2.75) is 37.6 Å². The molecule has 0 aliphatic heterocycles. The standard InChI is InChI=1S/C13H18N4O2S/c1-2-19-10(18)6-4-3-5-7-20-13-11-12(15-8-14-11)16-9-17-13/h8-9H,2-7H2,1H3,(H,14,15,16,17). The summed E-state index contributed by atoms with van der Waals surface area (Å²) in [5.74, 6) is 0.864. The lowest BCUT2D eigenvalue weighted by atomic mass is 10.2. The highest BCUT2D eigenvalue weighted by atomic mass is 32.2. The summed E-state index contributed by atoms with van der Waals surface area (Å²) >= 11 is 1.69. The molecular weight excluding hydrogens is 276 g/mol. The minimum atomic E-state index is -0.102. The molecule has 2 aromatic rings. The van der Waals surface area contributed by atoms with E-state index in [4.69, 9.17) is 4.74 Å². The Labute approximate surface area is 121 Å². The number of fused-ring (bicyclic) bond motifs is 1. The number of H-pyrrole nitrogens is 1. The van der Waals surface area contributed by atoms with E-state index in [0.29, 0.717) is 18.7 Å². The maximum Gasteiger partial charge on any atom is 0.305 e. The Balaban J connectivity index is 1.66. The molecule has 20 heavy (non-hydrogen) atoms. The lowest BCUT2D eigenvalue weighted by molar-refractivity contribution is -0.143. The van der Waals surface area contributed by atoms with Crippen LogP contribution in [0.3, 0.4) is 0 Å². The minimum Gasteiger partial charge on any atom is -0.466 e. The van der Waals surface area contributed by atoms with Crippen LogP contribution in [0.15, 0.2) is 17.7 Å². The van der Waals surface area contributed by atoms with Gasteiger partial charge in [0, 0.05) is 6.42 Å². The van der Waals surface area contributed by atoms with Gasteiger partial charge in [-0.15, -0.1) is 11.8 Å². The van der Waals surface area contributed by atoms with Gasteiger partial charge in [-0.25, -0.2) is 15.0 Å². The largest absolute Gasteiger partial charge is 0.466 e. The van der Waals surface area contributed by atoms with E-state index in [1.165, 1.54) is 6.33 Å². The zero-order chi connectivity index (χ0) is 14.2. The Morgan fingerprint density at radius 3 is 3.05 bits per heavy atom. The van der Waals surface area contributed by atoms with Gasteiger partial charge in [0.05, 0.1) is 12.9 Å². The van der Waals surface area contributed by atoms with Gasteiger partial charge in [0.2, 0.25) is 0 Å². The Morgan fingerprint density at radius 1 is 1.30 bits per heavy atom. The first-order chi connectivity index (χ1) is 9.81. The summed E-state index contributed by atoms with van der Waals surface area (Å²) in [4.78, 5) is 26.6. The third-order valence-electron chi connectivity index (χ3n) is 2.76. The van der Waals surface area contributed by atoms with Gasteiger partial charge in [-0.05, 0) is 25.5 Å². The van der Waals surface area contributed by atoms with Gasteiger partial charge in [-0.1, -0.05) is 6.42 Å². The van der Waals surface area contributed by atoms with Gasteiger partial charge < -0.3 is 9.72 Å². The molecular formula is C13H18N4O2S. The van der Waals surface area contributed by atoms with Gasteiger partial charge in [0.1, 0.15) is 16.9 Å². The van der Waals surface area contributed by atoms with Crippen molar-refractivity contribution >= 4 is 28.9 Å². The van der Waals surface area contributed by atoms with Crippen LogP contribution in [0, 0.1) is 0 Å². The number of carbonyl (C=O) groups is 1. The number of nitrogens with one attached hydrogen (secondary N) is 1. The van der Waals surface area contributed by atoms with E-state index < -0.39 is 0 Å². The fraction of sp³-hybridized carbons (Fsp3) is 0.538. The van der Waals surface area contributed by atoms with E-state index in [1.54, 1.807) is 18.1 Å². The summed E-state index contributed by atoms with van der Waals surface area (Å²) < 4.78 is 4.88. The molecule has 0 unspecified atom stereocenters. The predicted molar refractivity (Wildman–Crippen MR) is 77.5 cm³/mol. The topological polar surface area (TPSA) is 80.8 Å². The number of ether oxygens (including phenoxy) is 1. The molecule has 7 heteroatoms. The highest BCUT2D eigenvalue weighted by molar-refractivity contribution is 7.99. The molecule has 0 atom stereocenters. The first-order valence-electron chi connectivity index (χ1n) is 6.73. The van der Waals surface area contributed by atoms with Crippen LogP contribution < -0.4 is 0 Å². The number of carbonyl (C=O) groups excluding carboxylic acids is 1. The van der Waals surface area contributed by atoms with E-state index in [-0.39, 0.29) is 5.97 Å². The number of aromatic amines is 1. The number of aromatic nitrogens is 4. The van der Waals surface area contributed by atoms with Gasteiger partial charge in [0.25, 0.3) is 0 Å². The average Bonchev–Trinajstić information content (AvgIpc) is 2.92. The molecule has 2 rings (SSSR count). The zero-order valence-corrected chi connectivity index (χ0v) is 12.3. The second-order valence-electron chi connectivity index (χ2n) is 4.24. The van der Waals surface area contributed by atoms with E-state index in [1.807, 2.05) is 6.92 Å². The molecule has 2 heterocycles. The highest BCUT2D eigenvalue weighted by Crippen LogP contribution is 2.22. The van der Waals surface area contributed by atoms with Gasteiger partial charge in [0.15, 0.2) is 5.65 Å². The van der Waals surface area contributed by atoms with Crippen LogP contribution in [0.4, 0.5) is 0 Å². The quantitative estimate of drug-likeness (QED) is 0.349. The summed E-state index contributed by atoms with van der Waals surface area (Å²) in [6, 6.07) is 0. The average molecular weight is 294 g/mol. The van der Waals surface area contributed by atoms with E-state index >= 15 is 0 Å². The monoisotopic (exact) mass is 294 g/mol. The van der Waals surface area contributed by atoms with Gasteiger partial charge in [-0.3, -0.25) is 4.79 Å². The lowest BCUT2D eigenvalue weighted by Gasteiger charge is -2.03. The molecule has 0 saturated carbocycles. The Hall–Kier alpha value is -1.63. The van der Waals surface area contributed by atoms with E-state index in [0.717, 1.165) is 35.6 Å². The van der Waals surface area contributed by atoms with E-state index in [2.05, 4.69) is 19.9 Å². The van der Waals surface area contributed by atoms with Crippen molar-refractivity contribution in [3.8, 4) is 0 Å². The molecule has 0 saturated heterocycles. The van der Waals surface area contributed by atoms with Crippen molar-refractivity contribution < 1.29 is 9.53 Å². The minimum absolute atomic E-state index is 0.102. The van der Waals surface area contributed by atoms with Crippen molar-refractivity contribution in [1.82, 2.24) is 19.9 Å². The number of hydrogen-bond acceptors (Lipinski definition) is 6. The van der Waals surface area contributed by atoms with Crippen molar-refractivity contribution in [3.63, 3.8) is 0 Å². The molecule has 0 fully saturated rings. The van der Waals surface area contributed by atoms with Crippen LogP contribution in [-0.2, 0) is 9.53 Å². The second kappa shape index (κ2) is 7.84. The van der Waals surface area contributed by atoms with Crippen molar-refractivity contribution in [2.75, 3.05) is 12.4 Å². The molecule has 0 amide bonds. The molecule has 0 aliphatic rings. The van der Waals surface area contributed by atoms with Crippen molar-refractivity contribution in [2.24, 2.45) is 0 Å². The fourth-order valence-corrected chi connectivity index (χ4v) is 2.76. The predicted octanol–water partition coefficient (Wildman–Crippen LogP) is 2.57. The summed E-state index contributed by atoms with van der Waals surface area (Å²) in [5.41, 5.74) is 1.59. The van der Waals surface area contributed by atoms with Gasteiger partial charge in [-0.2, -0.15) is 0 Å². The van der Waals surface area contributed by atoms with Crippen LogP contribution in [0.2, 0.25) is 0 Å². The number of nitrogens with zero attached hydrogens (tertiary/aromatic N) is 3. The molecule has 6 nitrogen and oxygen atoms in total. The molecule has 108 valence electrons. The molecule has 0 spiro atoms. The number of unbranched alkanes of at least 4 members (excludes halogenated alkanes) is 2. The summed E-state index contributed by atoms with van der Waals surface area (Å²) in [5, 5.41) is 0.929. The van der Waals surface area contributed by atoms with Crippen LogP contribution >= 0.6 is 11.8 Å². The molecule has 0 bridgehead atoms. The number of rotatable bonds is 8. The van der Waals surface area contributed by atoms with Gasteiger partial charge >= 0.3 is 5.97 Å². The maximum absolute atomic E-state index is 11.2. The second-order valence-corrected chi connectivity index (χ2v) is 5.33. The fourth-order valence-electron chi connectivity index (χ4n) is 1.80. The lowest BCUT2D eigenvalue weighted by Crippen LogP contribution is -2.03. The number of imidazole rings is 1. The normalized spacial score (nSPS) is 10.8. The highest BCUT2D eigenvalue weighted by Gasteiger charge is 2.06. The van der Waals surface area contributed by atoms with E-state index in [9.17, 15) is 4.79 Å². The number of esters is 1. The van der Waals surface area contributed by atoms with Crippen LogP contribution in [0.25, 0.3) is 11.2 Å². The maximum atomic E-state index is 11.2. The first-order valence-corrected chi connectivity index (χ1v) is 7.72. The third kappa shape index (κ3) is 4.19. The molecule has 0 aliphatic carbocycles. The molecule has 2 aromatic heterocycles. The summed E-state index contributed by atoms with van der Waals surface area (Å²) in [7, 11) is 0. The number of thioether (sulfide) groups is 1. The van der Waals surface area contributed by atoms with Crippen LogP contribution in [0.5, 0.6) is 0 Å². The Kier molecular flexibility index (Phi) is 5.79. The van der Waals surface area contributed by atoms with Crippen LogP contribution in [-0.4, -0.2) is 38.3 Å². The number of hydrogen-bond donors (Lipinski definition) is 1. The summed E-state index contributed by atoms with van der Waals surface area (Å²) in [6.07, 6.45) is 6.61. The summed E-state index contributed by atoms with van der Waals surface area (Å²) in [6.45, 7) is 2.29. The Morgan fingerprint density at radius 2 is 2.20 bits per heavy atom. The molecule has 0 aromatic carbocycles. The molecule has 1 N–H and O–H groups in total. The Bertz CT molecular complexity index is 558. The van der Waals surface area contributed by atoms with Crippen molar-refractivity contribution in [3.05, 3.63) is 12.7 Å². The zero-order valence-electron chi connectivity index (χ0n) is 11.5. The molecule has 0 radical (unpaired) electrons. The first kappa shape index (κ1) is 14.8. The third-order valence-corrected chi connectivity index (χ3v) is 3.83. The SMILES string of the molecule is CCOC(=O)CCCCCSc1ncnc2nc[nH]c12. The van der Waals surface area contributed by atoms with Crippen molar-refractivity contribution in [1.29, 1.82) is 0 Å². The van der Waals surface area contributed by atoms with Crippen LogP contribution in [0.1, 0.15) is 32.6 Å².